The summed E-state index contributed by atoms with van der Waals surface area (Å²) in [5.41, 5.74) is 0.560. The van der Waals surface area contributed by atoms with Gasteiger partial charge < -0.3 is 0 Å². The van der Waals surface area contributed by atoms with Crippen LogP contribution in [0.2, 0.25) is 0 Å². The second-order valence-electron chi connectivity index (χ2n) is 4.91. The van der Waals surface area contributed by atoms with E-state index in [0.717, 1.165) is 11.8 Å². The van der Waals surface area contributed by atoms with E-state index < -0.39 is 0 Å². The van der Waals surface area contributed by atoms with Crippen molar-refractivity contribution in [1.29, 1.82) is 0 Å². The predicted molar refractivity (Wildman–Crippen MR) is 61.9 cm³/mol. The Hall–Kier alpha value is 0. The standard InChI is InChI=1S/C13H28/c1-7-10-12(8-2)13(6,9-3)11(4)5/h11-12H,7-10H2,1-6H3. The highest BCUT2D eigenvalue weighted by molar-refractivity contribution is 4.83. The third-order valence-electron chi connectivity index (χ3n) is 4.14. The van der Waals surface area contributed by atoms with Crippen molar-refractivity contribution in [2.75, 3.05) is 0 Å². The number of rotatable bonds is 6. The number of hydrogen-bond donors (Lipinski definition) is 0. The largest absolute Gasteiger partial charge is 0.0654 e. The fraction of sp³-hybridized carbons (Fsp3) is 1.00. The highest BCUT2D eigenvalue weighted by atomic mass is 14.4. The smallest absolute Gasteiger partial charge is 0.0277 e. The molecule has 0 nitrogen and oxygen atoms in total. The summed E-state index contributed by atoms with van der Waals surface area (Å²) in [4.78, 5) is 0. The summed E-state index contributed by atoms with van der Waals surface area (Å²) in [5.74, 6) is 1.73. The van der Waals surface area contributed by atoms with Crippen LogP contribution in [0.3, 0.4) is 0 Å². The molecule has 0 fully saturated rings. The van der Waals surface area contributed by atoms with Gasteiger partial charge >= 0.3 is 0 Å². The quantitative estimate of drug-likeness (QED) is 0.551. The van der Waals surface area contributed by atoms with Crippen LogP contribution in [0.1, 0.15) is 67.2 Å². The molecular weight excluding hydrogens is 156 g/mol. The maximum Gasteiger partial charge on any atom is -0.0277 e. The Kier molecular flexibility index (Phi) is 5.67. The maximum atomic E-state index is 2.47. The fourth-order valence-corrected chi connectivity index (χ4v) is 2.52. The molecule has 0 heteroatoms. The van der Waals surface area contributed by atoms with Gasteiger partial charge in [0.25, 0.3) is 0 Å². The van der Waals surface area contributed by atoms with Gasteiger partial charge in [-0.05, 0) is 17.3 Å². The van der Waals surface area contributed by atoms with E-state index in [1.54, 1.807) is 0 Å². The highest BCUT2D eigenvalue weighted by Gasteiger charge is 2.33. The molecule has 0 bridgehead atoms. The van der Waals surface area contributed by atoms with Gasteiger partial charge in [0, 0.05) is 0 Å². The van der Waals surface area contributed by atoms with Crippen LogP contribution in [0.25, 0.3) is 0 Å². The van der Waals surface area contributed by atoms with Crippen molar-refractivity contribution in [3.05, 3.63) is 0 Å². The van der Waals surface area contributed by atoms with Crippen LogP contribution in [0.15, 0.2) is 0 Å². The summed E-state index contributed by atoms with van der Waals surface area (Å²) in [6.07, 6.45) is 5.40. The van der Waals surface area contributed by atoms with E-state index in [-0.39, 0.29) is 0 Å². The van der Waals surface area contributed by atoms with E-state index in [2.05, 4.69) is 41.5 Å². The lowest BCUT2D eigenvalue weighted by molar-refractivity contribution is 0.0947. The molecule has 2 atom stereocenters. The molecule has 0 rings (SSSR count). The Morgan fingerprint density at radius 2 is 1.62 bits per heavy atom. The van der Waals surface area contributed by atoms with Gasteiger partial charge in [-0.3, -0.25) is 0 Å². The van der Waals surface area contributed by atoms with Gasteiger partial charge in [0.1, 0.15) is 0 Å². The first-order valence-corrected chi connectivity index (χ1v) is 6.02. The lowest BCUT2D eigenvalue weighted by Gasteiger charge is -2.40. The minimum atomic E-state index is 0.560. The highest BCUT2D eigenvalue weighted by Crippen LogP contribution is 2.42. The van der Waals surface area contributed by atoms with Crippen LogP contribution in [0.5, 0.6) is 0 Å². The van der Waals surface area contributed by atoms with E-state index in [4.69, 9.17) is 0 Å². The monoisotopic (exact) mass is 184 g/mol. The Morgan fingerprint density at radius 1 is 1.08 bits per heavy atom. The van der Waals surface area contributed by atoms with E-state index in [1.807, 2.05) is 0 Å². The van der Waals surface area contributed by atoms with E-state index in [9.17, 15) is 0 Å². The van der Waals surface area contributed by atoms with Crippen LogP contribution in [-0.2, 0) is 0 Å². The fourth-order valence-electron chi connectivity index (χ4n) is 2.52. The molecule has 0 spiro atoms. The second-order valence-corrected chi connectivity index (χ2v) is 4.91. The molecule has 0 saturated carbocycles. The molecule has 0 heterocycles. The second kappa shape index (κ2) is 5.67. The zero-order valence-corrected chi connectivity index (χ0v) is 10.5. The summed E-state index contributed by atoms with van der Waals surface area (Å²) < 4.78 is 0. The first-order chi connectivity index (χ1) is 6.02. The van der Waals surface area contributed by atoms with Crippen molar-refractivity contribution in [1.82, 2.24) is 0 Å². The first kappa shape index (κ1) is 13.0. The van der Waals surface area contributed by atoms with Gasteiger partial charge in [0.15, 0.2) is 0 Å². The van der Waals surface area contributed by atoms with Crippen molar-refractivity contribution in [3.8, 4) is 0 Å². The average Bonchev–Trinajstić information content (AvgIpc) is 2.12. The lowest BCUT2D eigenvalue weighted by atomic mass is 9.65. The average molecular weight is 184 g/mol. The minimum absolute atomic E-state index is 0.560. The van der Waals surface area contributed by atoms with Gasteiger partial charge in [0.2, 0.25) is 0 Å². The van der Waals surface area contributed by atoms with Crippen molar-refractivity contribution in [2.45, 2.75) is 67.2 Å². The summed E-state index contributed by atoms with van der Waals surface area (Å²) in [6.45, 7) is 14.2. The molecular formula is C13H28. The third-order valence-corrected chi connectivity index (χ3v) is 4.14. The molecule has 13 heavy (non-hydrogen) atoms. The van der Waals surface area contributed by atoms with Gasteiger partial charge in [0.05, 0.1) is 0 Å². The van der Waals surface area contributed by atoms with Gasteiger partial charge in [-0.2, -0.15) is 0 Å². The van der Waals surface area contributed by atoms with Crippen LogP contribution in [-0.4, -0.2) is 0 Å². The molecule has 0 aromatic heterocycles. The van der Waals surface area contributed by atoms with Crippen molar-refractivity contribution >= 4 is 0 Å². The Labute approximate surface area is 85.1 Å². The first-order valence-electron chi connectivity index (χ1n) is 6.02. The van der Waals surface area contributed by atoms with E-state index >= 15 is 0 Å². The van der Waals surface area contributed by atoms with Crippen LogP contribution >= 0.6 is 0 Å². The molecule has 2 unspecified atom stereocenters. The maximum absolute atomic E-state index is 2.47. The molecule has 0 aromatic carbocycles. The molecule has 0 radical (unpaired) electrons. The number of hydrogen-bond acceptors (Lipinski definition) is 0. The Balaban J connectivity index is 4.48. The van der Waals surface area contributed by atoms with Crippen molar-refractivity contribution in [3.63, 3.8) is 0 Å². The topological polar surface area (TPSA) is 0 Å². The Morgan fingerprint density at radius 3 is 1.85 bits per heavy atom. The van der Waals surface area contributed by atoms with Gasteiger partial charge in [-0.25, -0.2) is 0 Å². The zero-order chi connectivity index (χ0) is 10.5. The molecule has 0 aromatic rings. The minimum Gasteiger partial charge on any atom is -0.0654 e. The van der Waals surface area contributed by atoms with Crippen LogP contribution in [0.4, 0.5) is 0 Å². The summed E-state index contributed by atoms with van der Waals surface area (Å²) >= 11 is 0. The molecule has 0 aliphatic rings. The van der Waals surface area contributed by atoms with Crippen molar-refractivity contribution < 1.29 is 0 Å². The lowest BCUT2D eigenvalue weighted by Crippen LogP contribution is -2.31. The Bertz CT molecular complexity index is 126. The summed E-state index contributed by atoms with van der Waals surface area (Å²) in [5, 5.41) is 0. The molecule has 0 saturated heterocycles. The molecule has 0 aliphatic heterocycles. The molecule has 0 amide bonds. The summed E-state index contributed by atoms with van der Waals surface area (Å²) in [6, 6.07) is 0. The molecule has 0 N–H and O–H groups in total. The van der Waals surface area contributed by atoms with Crippen molar-refractivity contribution in [2.24, 2.45) is 17.3 Å². The van der Waals surface area contributed by atoms with Crippen LogP contribution in [0, 0.1) is 17.3 Å². The van der Waals surface area contributed by atoms with Crippen LogP contribution < -0.4 is 0 Å². The molecule has 80 valence electrons. The van der Waals surface area contributed by atoms with E-state index in [1.165, 1.54) is 25.7 Å². The van der Waals surface area contributed by atoms with Gasteiger partial charge in [-0.1, -0.05) is 67.2 Å². The van der Waals surface area contributed by atoms with Gasteiger partial charge in [-0.15, -0.1) is 0 Å². The zero-order valence-electron chi connectivity index (χ0n) is 10.5. The normalized spacial score (nSPS) is 18.7. The predicted octanol–water partition coefficient (Wildman–Crippen LogP) is 4.89. The summed E-state index contributed by atoms with van der Waals surface area (Å²) in [7, 11) is 0. The SMILES string of the molecule is CCCC(CC)C(C)(CC)C(C)C. The third kappa shape index (κ3) is 3.00. The molecule has 0 aliphatic carbocycles. The van der Waals surface area contributed by atoms with E-state index in [0.29, 0.717) is 5.41 Å².